The predicted molar refractivity (Wildman–Crippen MR) is 157 cm³/mol. The second-order valence-electron chi connectivity index (χ2n) is 10.6. The third-order valence-corrected chi connectivity index (χ3v) is 8.96. The minimum absolute atomic E-state index is 0.0760. The number of ether oxygens (including phenoxy) is 2. The molecule has 4 rings (SSSR count). The van der Waals surface area contributed by atoms with E-state index in [0.29, 0.717) is 6.42 Å². The van der Waals surface area contributed by atoms with Gasteiger partial charge in [-0.3, -0.25) is 37.7 Å². The molecule has 20 nitrogen and oxygen atoms in total. The van der Waals surface area contributed by atoms with Crippen molar-refractivity contribution in [2.45, 2.75) is 83.2 Å². The van der Waals surface area contributed by atoms with Gasteiger partial charge in [0.05, 0.1) is 37.5 Å². The fourth-order valence-electron chi connectivity index (χ4n) is 4.91. The van der Waals surface area contributed by atoms with Crippen molar-refractivity contribution in [3.8, 4) is 0 Å². The second kappa shape index (κ2) is 14.9. The quantitative estimate of drug-likeness (QED) is 0.0880. The molecule has 4 heterocycles. The minimum Gasteiger partial charge on any atom is -0.352 e. The SMILES string of the molecule is CCCCNP(=O)(OCC1OC(n2cc(C)c(=O)[nH]c2=O)CC1N=[N+]=[N-])OCC1OC(n2cc(C)c(=O)[nH]c2=O)CC1N=[N+]=[N-]. The predicted octanol–water partition coefficient (Wildman–Crippen LogP) is 2.17. The van der Waals surface area contributed by atoms with E-state index in [0.717, 1.165) is 6.42 Å². The van der Waals surface area contributed by atoms with E-state index in [4.69, 9.17) is 29.6 Å². The zero-order valence-electron chi connectivity index (χ0n) is 24.8. The highest BCUT2D eigenvalue weighted by Crippen LogP contribution is 2.46. The van der Waals surface area contributed by atoms with Crippen molar-refractivity contribution < 1.29 is 23.1 Å². The first-order valence-corrected chi connectivity index (χ1v) is 15.7. The number of aryl methyl sites for hydroxylation is 2. The van der Waals surface area contributed by atoms with Gasteiger partial charge in [0.2, 0.25) is 0 Å². The number of hydrogen-bond donors (Lipinski definition) is 3. The summed E-state index contributed by atoms with van der Waals surface area (Å²) in [4.78, 5) is 58.5. The Kier molecular flexibility index (Phi) is 11.2. The third kappa shape index (κ3) is 8.19. The summed E-state index contributed by atoms with van der Waals surface area (Å²) in [5, 5.41) is 10.3. The number of azide groups is 2. The van der Waals surface area contributed by atoms with E-state index >= 15 is 0 Å². The van der Waals surface area contributed by atoms with E-state index < -0.39 is 67.0 Å². The van der Waals surface area contributed by atoms with Crippen molar-refractivity contribution >= 4 is 7.75 Å². The number of hydrogen-bond acceptors (Lipinski definition) is 11. The van der Waals surface area contributed by atoms with Crippen LogP contribution in [0.4, 0.5) is 0 Å². The number of aromatic nitrogens is 4. The van der Waals surface area contributed by atoms with Crippen molar-refractivity contribution in [2.24, 2.45) is 10.2 Å². The van der Waals surface area contributed by atoms with E-state index in [1.54, 1.807) is 0 Å². The number of aromatic amines is 2. The highest BCUT2D eigenvalue weighted by molar-refractivity contribution is 7.51. The molecule has 2 aliphatic rings. The Morgan fingerprint density at radius 2 is 1.36 bits per heavy atom. The molecular formula is C24H34N11O9P. The molecule has 0 bridgehead atoms. The van der Waals surface area contributed by atoms with E-state index in [-0.39, 0.29) is 43.7 Å². The summed E-state index contributed by atoms with van der Waals surface area (Å²) in [7, 11) is -4.09. The van der Waals surface area contributed by atoms with Crippen LogP contribution in [-0.2, 0) is 23.1 Å². The summed E-state index contributed by atoms with van der Waals surface area (Å²) in [5.74, 6) is 0. The Labute approximate surface area is 254 Å². The van der Waals surface area contributed by atoms with E-state index in [2.05, 4.69) is 35.1 Å². The molecule has 0 radical (unpaired) electrons. The van der Waals surface area contributed by atoms with Crippen LogP contribution in [0.2, 0.25) is 0 Å². The molecule has 2 aromatic rings. The van der Waals surface area contributed by atoms with Crippen LogP contribution in [0.25, 0.3) is 20.9 Å². The Balaban J connectivity index is 1.49. The molecule has 244 valence electrons. The van der Waals surface area contributed by atoms with E-state index in [1.807, 2.05) is 6.92 Å². The molecule has 2 saturated heterocycles. The fraction of sp³-hybridized carbons (Fsp3) is 0.667. The van der Waals surface area contributed by atoms with Gasteiger partial charge in [0.15, 0.2) is 0 Å². The monoisotopic (exact) mass is 651 g/mol. The van der Waals surface area contributed by atoms with Crippen molar-refractivity contribution in [2.75, 3.05) is 19.8 Å². The van der Waals surface area contributed by atoms with Crippen molar-refractivity contribution in [1.29, 1.82) is 0 Å². The van der Waals surface area contributed by atoms with Crippen LogP contribution in [0.15, 0.2) is 41.8 Å². The first-order chi connectivity index (χ1) is 21.5. The number of unbranched alkanes of at least 4 members (excludes halogenated alkanes) is 1. The average Bonchev–Trinajstić information content (AvgIpc) is 3.59. The van der Waals surface area contributed by atoms with Gasteiger partial charge in [-0.05, 0) is 31.3 Å². The molecule has 21 heteroatoms. The van der Waals surface area contributed by atoms with Crippen LogP contribution in [0.5, 0.6) is 0 Å². The molecule has 45 heavy (non-hydrogen) atoms. The number of rotatable bonds is 14. The van der Waals surface area contributed by atoms with Gasteiger partial charge < -0.3 is 9.47 Å². The van der Waals surface area contributed by atoms with Gasteiger partial charge in [-0.1, -0.05) is 23.6 Å². The highest BCUT2D eigenvalue weighted by atomic mass is 31.2. The minimum atomic E-state index is -4.09. The molecule has 3 N–H and O–H groups in total. The van der Waals surface area contributed by atoms with Gasteiger partial charge in [0.25, 0.3) is 11.1 Å². The van der Waals surface area contributed by atoms with Gasteiger partial charge in [0, 0.05) is 52.7 Å². The van der Waals surface area contributed by atoms with Gasteiger partial charge in [0.1, 0.15) is 12.5 Å². The van der Waals surface area contributed by atoms with Gasteiger partial charge in [-0.25, -0.2) is 19.2 Å². The summed E-state index contributed by atoms with van der Waals surface area (Å²) in [6.07, 6.45) is 0.539. The molecule has 0 spiro atoms. The molecule has 2 fully saturated rings. The normalized spacial score (nSPS) is 25.8. The Bertz CT molecular complexity index is 1640. The fourth-order valence-corrected chi connectivity index (χ4v) is 6.29. The molecule has 0 aromatic carbocycles. The summed E-state index contributed by atoms with van der Waals surface area (Å²) in [6, 6.07) is -1.62. The summed E-state index contributed by atoms with van der Waals surface area (Å²) >= 11 is 0. The van der Waals surface area contributed by atoms with Crippen LogP contribution in [0.1, 0.15) is 56.2 Å². The topological polar surface area (TPSA) is 273 Å². The lowest BCUT2D eigenvalue weighted by Gasteiger charge is -2.24. The number of nitrogens with zero attached hydrogens (tertiary/aromatic N) is 8. The second-order valence-corrected chi connectivity index (χ2v) is 12.4. The van der Waals surface area contributed by atoms with E-state index in [9.17, 15) is 23.7 Å². The van der Waals surface area contributed by atoms with Gasteiger partial charge >= 0.3 is 19.1 Å². The molecule has 0 amide bonds. The van der Waals surface area contributed by atoms with Crippen molar-refractivity contribution in [3.05, 3.63) is 86.1 Å². The number of H-pyrrole nitrogens is 2. The van der Waals surface area contributed by atoms with Crippen molar-refractivity contribution in [1.82, 2.24) is 24.2 Å². The van der Waals surface area contributed by atoms with E-state index in [1.165, 1.54) is 35.4 Å². The lowest BCUT2D eigenvalue weighted by molar-refractivity contribution is -0.0353. The Morgan fingerprint density at radius 1 is 0.911 bits per heavy atom. The Hall–Kier alpha value is -3.99. The standard InChI is InChI=1S/C24H34N11O9P/c1-4-5-6-27-45(40,41-11-17-15(30-32-25)7-19(43-17)34-9-13(2)21(36)28-23(34)38)42-12-18-16(31-33-26)8-20(44-18)35-10-14(3)22(37)29-24(35)39/h9-10,15-20H,4-8,11-12H2,1-3H3,(H,27,40)(H,28,36,38)(H,29,37,39). The lowest BCUT2D eigenvalue weighted by atomic mass is 10.1. The lowest BCUT2D eigenvalue weighted by Crippen LogP contribution is -2.34. The molecule has 6 atom stereocenters. The molecule has 0 aliphatic carbocycles. The van der Waals surface area contributed by atoms with Crippen LogP contribution >= 0.6 is 7.75 Å². The molecular weight excluding hydrogens is 617 g/mol. The Morgan fingerprint density at radius 3 is 1.76 bits per heavy atom. The first-order valence-electron chi connectivity index (χ1n) is 14.2. The molecule has 6 unspecified atom stereocenters. The maximum absolute atomic E-state index is 13.8. The zero-order chi connectivity index (χ0) is 32.7. The first kappa shape index (κ1) is 33.9. The molecule has 2 aromatic heterocycles. The van der Waals surface area contributed by atoms with Crippen LogP contribution in [0.3, 0.4) is 0 Å². The van der Waals surface area contributed by atoms with Crippen molar-refractivity contribution in [3.63, 3.8) is 0 Å². The van der Waals surface area contributed by atoms with Crippen LogP contribution in [-0.4, -0.2) is 63.2 Å². The summed E-state index contributed by atoms with van der Waals surface area (Å²) in [5.41, 5.74) is 16.2. The number of nitrogens with one attached hydrogen (secondary N) is 3. The molecule has 0 saturated carbocycles. The maximum Gasteiger partial charge on any atom is 0.405 e. The summed E-state index contributed by atoms with van der Waals surface area (Å²) in [6.45, 7) is 4.50. The zero-order valence-corrected chi connectivity index (χ0v) is 25.7. The highest BCUT2D eigenvalue weighted by Gasteiger charge is 2.41. The van der Waals surface area contributed by atoms with Crippen LogP contribution < -0.4 is 27.6 Å². The third-order valence-electron chi connectivity index (χ3n) is 7.37. The smallest absolute Gasteiger partial charge is 0.352 e. The largest absolute Gasteiger partial charge is 0.405 e. The maximum atomic E-state index is 13.8. The summed E-state index contributed by atoms with van der Waals surface area (Å²) < 4.78 is 39.5. The van der Waals surface area contributed by atoms with Crippen LogP contribution in [0, 0.1) is 13.8 Å². The van der Waals surface area contributed by atoms with Gasteiger partial charge in [-0.2, -0.15) is 0 Å². The molecule has 2 aliphatic heterocycles. The van der Waals surface area contributed by atoms with Gasteiger partial charge in [-0.15, -0.1) is 0 Å². The average molecular weight is 652 g/mol.